The highest BCUT2D eigenvalue weighted by molar-refractivity contribution is 6.54. The van der Waals surface area contributed by atoms with E-state index in [0.29, 0.717) is 17.9 Å². The zero-order valence-corrected chi connectivity index (χ0v) is 22.5. The molecule has 2 heterocycles. The molecule has 0 spiro atoms. The number of carbonyl (C=O) groups is 1. The summed E-state index contributed by atoms with van der Waals surface area (Å²) in [5.41, 5.74) is 5.87. The quantitative estimate of drug-likeness (QED) is 0.209. The van der Waals surface area contributed by atoms with Crippen LogP contribution in [0.4, 0.5) is 5.69 Å². The van der Waals surface area contributed by atoms with Crippen molar-refractivity contribution in [1.29, 1.82) is 0 Å². The van der Waals surface area contributed by atoms with Gasteiger partial charge in [-0.3, -0.25) is 9.78 Å². The molecule has 0 saturated heterocycles. The molecule has 0 bridgehead atoms. The molecule has 0 atom stereocenters. The minimum absolute atomic E-state index is 0.399. The standard InChI is InChI=1S/C29H25Cl2N3O4/c1-36-18-4-7-24-16(10-18)12-21(23-15-32-26-9-6-20(38-3)14-22(23)26)27(33-24)13-17-11-19(37-2)5-8-25(17)34-29(35)28(30)31/h4-12,14-15,28,32H,13H2,1-3H3,(H,34,35). The van der Waals surface area contributed by atoms with Gasteiger partial charge in [0.25, 0.3) is 5.91 Å². The van der Waals surface area contributed by atoms with Crippen molar-refractivity contribution in [2.24, 2.45) is 0 Å². The number of aromatic amines is 1. The first-order chi connectivity index (χ1) is 18.4. The number of hydrogen-bond acceptors (Lipinski definition) is 5. The second-order valence-corrected chi connectivity index (χ2v) is 9.74. The molecule has 1 amide bonds. The molecule has 0 fully saturated rings. The summed E-state index contributed by atoms with van der Waals surface area (Å²) in [6.07, 6.45) is 2.37. The van der Waals surface area contributed by atoms with Crippen LogP contribution in [0.3, 0.4) is 0 Å². The normalized spacial score (nSPS) is 11.2. The predicted molar refractivity (Wildman–Crippen MR) is 152 cm³/mol. The number of nitrogens with one attached hydrogen (secondary N) is 2. The molecule has 3 aromatic carbocycles. The first-order valence-corrected chi connectivity index (χ1v) is 12.7. The monoisotopic (exact) mass is 549 g/mol. The van der Waals surface area contributed by atoms with Gasteiger partial charge >= 0.3 is 0 Å². The molecule has 2 N–H and O–H groups in total. The number of benzene rings is 3. The minimum Gasteiger partial charge on any atom is -0.497 e. The summed E-state index contributed by atoms with van der Waals surface area (Å²) in [4.78, 5) is 19.5. The summed E-state index contributed by atoms with van der Waals surface area (Å²) in [5, 5.41) is 4.74. The lowest BCUT2D eigenvalue weighted by atomic mass is 9.96. The van der Waals surface area contributed by atoms with Crippen LogP contribution < -0.4 is 19.5 Å². The molecule has 194 valence electrons. The number of pyridine rings is 1. The van der Waals surface area contributed by atoms with Crippen molar-refractivity contribution in [3.8, 4) is 28.4 Å². The lowest BCUT2D eigenvalue weighted by Gasteiger charge is -2.16. The highest BCUT2D eigenvalue weighted by atomic mass is 35.5. The van der Waals surface area contributed by atoms with Gasteiger partial charge < -0.3 is 24.5 Å². The summed E-state index contributed by atoms with van der Waals surface area (Å²) >= 11 is 11.6. The van der Waals surface area contributed by atoms with Crippen molar-refractivity contribution in [2.45, 2.75) is 11.3 Å². The average molecular weight is 550 g/mol. The molecule has 0 aliphatic rings. The highest BCUT2D eigenvalue weighted by Crippen LogP contribution is 2.37. The Kier molecular flexibility index (Phi) is 7.31. The fourth-order valence-corrected chi connectivity index (χ4v) is 4.58. The van der Waals surface area contributed by atoms with Gasteiger partial charge in [-0.2, -0.15) is 0 Å². The van der Waals surface area contributed by atoms with Gasteiger partial charge in [0.05, 0.1) is 32.5 Å². The molecule has 2 aromatic heterocycles. The van der Waals surface area contributed by atoms with E-state index in [9.17, 15) is 4.79 Å². The smallest absolute Gasteiger partial charge is 0.257 e. The maximum absolute atomic E-state index is 12.3. The van der Waals surface area contributed by atoms with Gasteiger partial charge in [0.15, 0.2) is 4.84 Å². The Morgan fingerprint density at radius 3 is 2.32 bits per heavy atom. The number of fused-ring (bicyclic) bond motifs is 2. The molecule has 0 saturated carbocycles. The number of rotatable bonds is 8. The van der Waals surface area contributed by atoms with E-state index in [0.717, 1.165) is 55.7 Å². The van der Waals surface area contributed by atoms with Gasteiger partial charge in [0.1, 0.15) is 17.2 Å². The topological polar surface area (TPSA) is 85.5 Å². The number of hydrogen-bond donors (Lipinski definition) is 2. The Hall–Kier alpha value is -3.94. The van der Waals surface area contributed by atoms with Crippen LogP contribution in [-0.2, 0) is 11.2 Å². The van der Waals surface area contributed by atoms with Gasteiger partial charge in [-0.1, -0.05) is 23.2 Å². The highest BCUT2D eigenvalue weighted by Gasteiger charge is 2.19. The number of ether oxygens (including phenoxy) is 3. The molecule has 7 nitrogen and oxygen atoms in total. The van der Waals surface area contributed by atoms with E-state index in [1.807, 2.05) is 48.7 Å². The zero-order chi connectivity index (χ0) is 26.8. The van der Waals surface area contributed by atoms with E-state index < -0.39 is 10.7 Å². The lowest BCUT2D eigenvalue weighted by molar-refractivity contribution is -0.114. The van der Waals surface area contributed by atoms with E-state index in [2.05, 4.69) is 16.4 Å². The van der Waals surface area contributed by atoms with Crippen LogP contribution in [0.25, 0.3) is 32.9 Å². The molecule has 5 rings (SSSR count). The number of alkyl halides is 2. The fourth-order valence-electron chi connectivity index (χ4n) is 4.47. The molecule has 0 unspecified atom stereocenters. The van der Waals surface area contributed by atoms with E-state index >= 15 is 0 Å². The van der Waals surface area contributed by atoms with Crippen molar-refractivity contribution < 1.29 is 19.0 Å². The number of methoxy groups -OCH3 is 3. The van der Waals surface area contributed by atoms with Crippen LogP contribution in [-0.4, -0.2) is 42.0 Å². The summed E-state index contributed by atoms with van der Waals surface area (Å²) < 4.78 is 16.4. The number of aromatic nitrogens is 2. The number of anilines is 1. The summed E-state index contributed by atoms with van der Waals surface area (Å²) in [7, 11) is 4.88. The number of carbonyl (C=O) groups excluding carboxylic acids is 1. The van der Waals surface area contributed by atoms with Crippen LogP contribution >= 0.6 is 23.2 Å². The van der Waals surface area contributed by atoms with Crippen molar-refractivity contribution >= 4 is 56.6 Å². The van der Waals surface area contributed by atoms with E-state index in [1.54, 1.807) is 33.5 Å². The van der Waals surface area contributed by atoms with Crippen molar-refractivity contribution in [3.63, 3.8) is 0 Å². The van der Waals surface area contributed by atoms with Gasteiger partial charge in [-0.15, -0.1) is 0 Å². The Labute approximate surface area is 229 Å². The molecule has 5 aromatic rings. The lowest BCUT2D eigenvalue weighted by Crippen LogP contribution is -2.19. The zero-order valence-electron chi connectivity index (χ0n) is 21.0. The summed E-state index contributed by atoms with van der Waals surface area (Å²) in [6.45, 7) is 0. The first kappa shape index (κ1) is 25.7. The fraction of sp³-hybridized carbons (Fsp3) is 0.172. The van der Waals surface area contributed by atoms with Gasteiger partial charge in [0, 0.05) is 45.7 Å². The molecule has 0 aliphatic heterocycles. The van der Waals surface area contributed by atoms with Crippen molar-refractivity contribution in [3.05, 3.63) is 78.1 Å². The average Bonchev–Trinajstić information content (AvgIpc) is 3.36. The second kappa shape index (κ2) is 10.8. The Balaban J connectivity index is 1.70. The number of H-pyrrole nitrogens is 1. The van der Waals surface area contributed by atoms with Crippen LogP contribution in [0.2, 0.25) is 0 Å². The molecule has 9 heteroatoms. The predicted octanol–water partition coefficient (Wildman–Crippen LogP) is 6.74. The van der Waals surface area contributed by atoms with E-state index in [4.69, 9.17) is 42.4 Å². The first-order valence-electron chi connectivity index (χ1n) is 11.8. The van der Waals surface area contributed by atoms with Crippen LogP contribution in [0.15, 0.2) is 66.9 Å². The largest absolute Gasteiger partial charge is 0.497 e. The number of amides is 1. The van der Waals surface area contributed by atoms with E-state index in [1.165, 1.54) is 0 Å². The van der Waals surface area contributed by atoms with Crippen molar-refractivity contribution in [2.75, 3.05) is 26.6 Å². The van der Waals surface area contributed by atoms with Gasteiger partial charge in [-0.25, -0.2) is 0 Å². The third kappa shape index (κ3) is 5.08. The maximum atomic E-state index is 12.3. The Morgan fingerprint density at radius 1 is 0.895 bits per heavy atom. The van der Waals surface area contributed by atoms with Gasteiger partial charge in [-0.05, 0) is 66.2 Å². The van der Waals surface area contributed by atoms with Crippen LogP contribution in [0.1, 0.15) is 11.3 Å². The SMILES string of the molecule is COc1ccc(NC(=O)C(Cl)Cl)c(Cc2nc3ccc(OC)cc3cc2-c2c[nH]c3ccc(OC)cc23)c1. The number of halogens is 2. The van der Waals surface area contributed by atoms with Crippen molar-refractivity contribution in [1.82, 2.24) is 9.97 Å². The second-order valence-electron chi connectivity index (χ2n) is 8.64. The summed E-state index contributed by atoms with van der Waals surface area (Å²) in [5.74, 6) is 1.63. The summed E-state index contributed by atoms with van der Waals surface area (Å²) in [6, 6.07) is 19.2. The van der Waals surface area contributed by atoms with E-state index in [-0.39, 0.29) is 0 Å². The van der Waals surface area contributed by atoms with Crippen LogP contribution in [0, 0.1) is 0 Å². The number of nitrogens with zero attached hydrogens (tertiary/aromatic N) is 1. The van der Waals surface area contributed by atoms with Gasteiger partial charge in [0.2, 0.25) is 0 Å². The third-order valence-electron chi connectivity index (χ3n) is 6.41. The molecular weight excluding hydrogens is 525 g/mol. The minimum atomic E-state index is -1.20. The Bertz CT molecular complexity index is 1650. The Morgan fingerprint density at radius 2 is 1.58 bits per heavy atom. The molecule has 38 heavy (non-hydrogen) atoms. The maximum Gasteiger partial charge on any atom is 0.257 e. The molecule has 0 radical (unpaired) electrons. The van der Waals surface area contributed by atoms with Crippen LogP contribution in [0.5, 0.6) is 17.2 Å². The third-order valence-corrected chi connectivity index (χ3v) is 6.80. The molecular formula is C29H25Cl2N3O4. The molecule has 0 aliphatic carbocycles.